The van der Waals surface area contributed by atoms with E-state index in [1.54, 1.807) is 36.4 Å². The number of aliphatic hydroxyl groups excluding tert-OH is 1. The first-order valence-corrected chi connectivity index (χ1v) is 12.9. The van der Waals surface area contributed by atoms with Crippen molar-refractivity contribution in [2.24, 2.45) is 0 Å². The number of amides is 6. The Balaban J connectivity index is 1.29. The van der Waals surface area contributed by atoms with Gasteiger partial charge >= 0.3 is 18.0 Å². The molecule has 0 radical (unpaired) electrons. The van der Waals surface area contributed by atoms with E-state index < -0.39 is 53.9 Å². The lowest BCUT2D eigenvalue weighted by Crippen LogP contribution is -2.71. The number of furan rings is 1. The summed E-state index contributed by atoms with van der Waals surface area (Å²) in [5, 5.41) is 24.8. The van der Waals surface area contributed by atoms with E-state index in [0.29, 0.717) is 11.3 Å². The van der Waals surface area contributed by atoms with Crippen molar-refractivity contribution >= 4 is 47.3 Å². The standard InChI is InChI=1S/C24H24N6O8S/c31-10-14-12-39-21-17(20(33)30(21)18(14)22(34)35)25-19(32)16(13-4-2-1-3-5-13)26-23(36)28-7-8-29(24(28)37)27-15-6-9-38-11-15/h1-6,9,11,16-17,21,27,31H,7-8,10,12H2,(H,25,32)(H,26,36)(H,34,35)/t16?,17?,21-/m0/s1. The molecule has 2 unspecified atom stereocenters. The average Bonchev–Trinajstić information content (AvgIpc) is 3.59. The SMILES string of the molecule is O=C(O)C1=C(CO)CS[C@H]2C(NC(=O)C(NC(=O)N3CCN(Nc4ccoc4)C3=O)c3ccccc3)C(=O)N12. The maximum absolute atomic E-state index is 13.4. The van der Waals surface area contributed by atoms with Gasteiger partial charge in [0, 0.05) is 11.8 Å². The van der Waals surface area contributed by atoms with Gasteiger partial charge in [-0.05, 0) is 11.1 Å². The maximum atomic E-state index is 13.4. The molecule has 3 aliphatic heterocycles. The van der Waals surface area contributed by atoms with Gasteiger partial charge in [0.2, 0.25) is 5.91 Å². The van der Waals surface area contributed by atoms with Gasteiger partial charge in [-0.25, -0.2) is 24.3 Å². The lowest BCUT2D eigenvalue weighted by Gasteiger charge is -2.49. The Morgan fingerprint density at radius 2 is 1.90 bits per heavy atom. The van der Waals surface area contributed by atoms with Crippen LogP contribution >= 0.6 is 11.8 Å². The van der Waals surface area contributed by atoms with Crippen LogP contribution in [0.3, 0.4) is 0 Å². The van der Waals surface area contributed by atoms with Crippen LogP contribution in [0.25, 0.3) is 0 Å². The van der Waals surface area contributed by atoms with Crippen LogP contribution in [0.5, 0.6) is 0 Å². The molecule has 5 rings (SSSR count). The predicted molar refractivity (Wildman–Crippen MR) is 136 cm³/mol. The van der Waals surface area contributed by atoms with Gasteiger partial charge in [-0.15, -0.1) is 11.8 Å². The van der Waals surface area contributed by atoms with Gasteiger partial charge in [-0.3, -0.25) is 19.9 Å². The zero-order valence-electron chi connectivity index (χ0n) is 20.3. The minimum absolute atomic E-state index is 0.0604. The molecular weight excluding hydrogens is 532 g/mol. The number of β-lactam (4-membered cyclic amide) rings is 1. The number of benzene rings is 1. The van der Waals surface area contributed by atoms with E-state index in [1.165, 1.54) is 29.3 Å². The van der Waals surface area contributed by atoms with Crippen molar-refractivity contribution in [3.63, 3.8) is 0 Å². The lowest BCUT2D eigenvalue weighted by molar-refractivity contribution is -0.151. The lowest BCUT2D eigenvalue weighted by atomic mass is 10.0. The number of carboxylic acids is 1. The number of aliphatic carboxylic acids is 1. The third kappa shape index (κ3) is 4.88. The molecule has 3 aliphatic rings. The molecule has 1 aromatic carbocycles. The number of hydrogen-bond acceptors (Lipinski definition) is 9. The minimum Gasteiger partial charge on any atom is -0.477 e. The molecule has 2 fully saturated rings. The number of fused-ring (bicyclic) bond motifs is 1. The highest BCUT2D eigenvalue weighted by Gasteiger charge is 2.54. The first-order chi connectivity index (χ1) is 18.8. The molecule has 15 heteroatoms. The molecule has 204 valence electrons. The summed E-state index contributed by atoms with van der Waals surface area (Å²) in [4.78, 5) is 65.9. The quantitative estimate of drug-likeness (QED) is 0.287. The smallest absolute Gasteiger partial charge is 0.352 e. The van der Waals surface area contributed by atoms with Crippen LogP contribution in [-0.4, -0.2) is 91.7 Å². The highest BCUT2D eigenvalue weighted by atomic mass is 32.2. The molecule has 0 spiro atoms. The van der Waals surface area contributed by atoms with Crippen LogP contribution < -0.4 is 16.1 Å². The number of aliphatic hydroxyl groups is 1. The third-order valence-corrected chi connectivity index (χ3v) is 7.78. The van der Waals surface area contributed by atoms with Crippen molar-refractivity contribution < 1.29 is 38.6 Å². The molecule has 4 heterocycles. The van der Waals surface area contributed by atoms with Crippen LogP contribution in [0, 0.1) is 0 Å². The molecule has 2 saturated heterocycles. The Morgan fingerprint density at radius 1 is 1.13 bits per heavy atom. The first kappa shape index (κ1) is 26.1. The van der Waals surface area contributed by atoms with E-state index >= 15 is 0 Å². The summed E-state index contributed by atoms with van der Waals surface area (Å²) in [6.07, 6.45) is 2.83. The molecule has 1 aromatic heterocycles. The average molecular weight is 557 g/mol. The van der Waals surface area contributed by atoms with Crippen molar-refractivity contribution in [1.82, 2.24) is 25.4 Å². The summed E-state index contributed by atoms with van der Waals surface area (Å²) in [6, 6.07) is 6.20. The number of hydrazine groups is 1. The van der Waals surface area contributed by atoms with Crippen molar-refractivity contribution in [3.8, 4) is 0 Å². The van der Waals surface area contributed by atoms with Crippen LogP contribution in [0.1, 0.15) is 11.6 Å². The van der Waals surface area contributed by atoms with Crippen molar-refractivity contribution in [1.29, 1.82) is 0 Å². The molecule has 0 aliphatic carbocycles. The fourth-order valence-corrected chi connectivity index (χ4v) is 5.84. The first-order valence-electron chi connectivity index (χ1n) is 11.8. The van der Waals surface area contributed by atoms with Gasteiger partial charge in [-0.1, -0.05) is 30.3 Å². The van der Waals surface area contributed by atoms with Crippen LogP contribution in [-0.2, 0) is 14.4 Å². The fourth-order valence-electron chi connectivity index (χ4n) is 4.50. The van der Waals surface area contributed by atoms with E-state index in [1.807, 2.05) is 0 Å². The second-order valence-electron chi connectivity index (χ2n) is 8.81. The van der Waals surface area contributed by atoms with Crippen LogP contribution in [0.4, 0.5) is 15.3 Å². The summed E-state index contributed by atoms with van der Waals surface area (Å²) >= 11 is 1.21. The highest BCUT2D eigenvalue weighted by molar-refractivity contribution is 8.00. The Morgan fingerprint density at radius 3 is 2.56 bits per heavy atom. The zero-order valence-corrected chi connectivity index (χ0v) is 21.1. The van der Waals surface area contributed by atoms with Crippen molar-refractivity contribution in [2.45, 2.75) is 17.5 Å². The molecule has 5 N–H and O–H groups in total. The van der Waals surface area contributed by atoms with Crippen molar-refractivity contribution in [2.75, 3.05) is 30.9 Å². The number of anilines is 1. The summed E-state index contributed by atoms with van der Waals surface area (Å²) in [5.74, 6) is -2.51. The number of carbonyl (C=O) groups is 5. The van der Waals surface area contributed by atoms with Crippen molar-refractivity contribution in [3.05, 3.63) is 65.8 Å². The zero-order chi connectivity index (χ0) is 27.7. The maximum Gasteiger partial charge on any atom is 0.352 e. The van der Waals surface area contributed by atoms with Crippen LogP contribution in [0.15, 0.2) is 64.6 Å². The number of urea groups is 2. The summed E-state index contributed by atoms with van der Waals surface area (Å²) < 4.78 is 4.97. The van der Waals surface area contributed by atoms with Crippen LogP contribution in [0.2, 0.25) is 0 Å². The van der Waals surface area contributed by atoms with E-state index in [2.05, 4.69) is 16.1 Å². The topological polar surface area (TPSA) is 185 Å². The molecule has 3 atom stereocenters. The number of thioether (sulfide) groups is 1. The Bertz CT molecular complexity index is 1330. The Labute approximate surface area is 225 Å². The summed E-state index contributed by atoms with van der Waals surface area (Å²) in [7, 11) is 0. The third-order valence-electron chi connectivity index (χ3n) is 6.44. The number of rotatable bonds is 8. The number of hydrogen-bond donors (Lipinski definition) is 5. The predicted octanol–water partition coefficient (Wildman–Crippen LogP) is 0.526. The summed E-state index contributed by atoms with van der Waals surface area (Å²) in [5.41, 5.74) is 3.70. The van der Waals surface area contributed by atoms with E-state index in [-0.39, 0.29) is 30.1 Å². The number of carboxylic acid groups (broad SMARTS) is 1. The minimum atomic E-state index is -1.34. The molecule has 2 aromatic rings. The van der Waals surface area contributed by atoms with Gasteiger partial charge in [0.05, 0.1) is 31.6 Å². The molecule has 6 amide bonds. The molecule has 0 saturated carbocycles. The largest absolute Gasteiger partial charge is 0.477 e. The second kappa shape index (κ2) is 10.7. The Kier molecular flexibility index (Phi) is 7.17. The van der Waals surface area contributed by atoms with Gasteiger partial charge in [0.1, 0.15) is 29.4 Å². The van der Waals surface area contributed by atoms with E-state index in [0.717, 1.165) is 9.80 Å². The van der Waals surface area contributed by atoms with Gasteiger partial charge in [-0.2, -0.15) is 0 Å². The van der Waals surface area contributed by atoms with E-state index in [9.17, 15) is 34.2 Å². The van der Waals surface area contributed by atoms with Gasteiger partial charge < -0.3 is 25.3 Å². The summed E-state index contributed by atoms with van der Waals surface area (Å²) in [6.45, 7) is -0.250. The van der Waals surface area contributed by atoms with Gasteiger partial charge in [0.15, 0.2) is 0 Å². The number of nitrogens with one attached hydrogen (secondary N) is 3. The second-order valence-corrected chi connectivity index (χ2v) is 9.92. The number of imide groups is 1. The fraction of sp³-hybridized carbons (Fsp3) is 0.292. The number of carbonyl (C=O) groups excluding carboxylic acids is 4. The number of nitrogens with zero attached hydrogens (tertiary/aromatic N) is 3. The normalized spacial score (nSPS) is 21.3. The molecule has 0 bridgehead atoms. The highest BCUT2D eigenvalue weighted by Crippen LogP contribution is 2.40. The molecule has 39 heavy (non-hydrogen) atoms. The molecular formula is C24H24N6O8S. The monoisotopic (exact) mass is 556 g/mol. The Hall–Kier alpha value is -4.50. The van der Waals surface area contributed by atoms with Gasteiger partial charge in [0.25, 0.3) is 5.91 Å². The van der Waals surface area contributed by atoms with E-state index in [4.69, 9.17) is 4.42 Å². The molecule has 14 nitrogen and oxygen atoms in total.